The van der Waals surface area contributed by atoms with Gasteiger partial charge in [0.2, 0.25) is 0 Å². The number of nitrogens with one attached hydrogen (secondary N) is 1. The van der Waals surface area contributed by atoms with Crippen LogP contribution < -0.4 is 5.32 Å². The predicted molar refractivity (Wildman–Crippen MR) is 83.9 cm³/mol. The zero-order chi connectivity index (χ0) is 14.7. The van der Waals surface area contributed by atoms with Crippen LogP contribution in [0.4, 0.5) is 5.69 Å². The monoisotopic (exact) mass is 280 g/mol. The van der Waals surface area contributed by atoms with E-state index in [0.717, 1.165) is 23.1 Å². The largest absolute Gasteiger partial charge is 0.382 e. The molecule has 21 heavy (non-hydrogen) atoms. The van der Waals surface area contributed by atoms with Crippen molar-refractivity contribution in [1.82, 2.24) is 10.2 Å². The Morgan fingerprint density at radius 1 is 1.24 bits per heavy atom. The van der Waals surface area contributed by atoms with E-state index < -0.39 is 0 Å². The lowest BCUT2D eigenvalue weighted by molar-refractivity contribution is 0.307. The van der Waals surface area contributed by atoms with Crippen LogP contribution in [-0.4, -0.2) is 16.7 Å². The highest BCUT2D eigenvalue weighted by Crippen LogP contribution is 2.41. The Labute approximate surface area is 125 Å². The molecule has 0 unspecified atom stereocenters. The molecule has 108 valence electrons. The van der Waals surface area contributed by atoms with Crippen LogP contribution in [0.3, 0.4) is 0 Å². The van der Waals surface area contributed by atoms with E-state index >= 15 is 0 Å². The highest BCUT2D eigenvalue weighted by Gasteiger charge is 2.32. The summed E-state index contributed by atoms with van der Waals surface area (Å²) in [6.07, 6.45) is 6.36. The Hall–Kier alpha value is -2.15. The Morgan fingerprint density at radius 3 is 2.71 bits per heavy atom. The zero-order valence-electron chi connectivity index (χ0n) is 12.4. The molecule has 0 saturated heterocycles. The first kappa shape index (κ1) is 13.8. The molecule has 1 aromatic carbocycles. The summed E-state index contributed by atoms with van der Waals surface area (Å²) in [6, 6.07) is 10.0. The fourth-order valence-electron chi connectivity index (χ4n) is 3.37. The van der Waals surface area contributed by atoms with Crippen molar-refractivity contribution in [1.29, 1.82) is 5.26 Å². The second-order valence-corrected chi connectivity index (χ2v) is 5.97. The minimum Gasteiger partial charge on any atom is -0.382 e. The molecule has 4 nitrogen and oxygen atoms in total. The predicted octanol–water partition coefficient (Wildman–Crippen LogP) is 3.88. The van der Waals surface area contributed by atoms with Crippen LogP contribution in [0.25, 0.3) is 10.9 Å². The molecule has 2 aromatic rings. The van der Waals surface area contributed by atoms with Gasteiger partial charge in [0.15, 0.2) is 5.69 Å². The summed E-state index contributed by atoms with van der Waals surface area (Å²) in [6.45, 7) is 3.18. The second kappa shape index (κ2) is 5.69. The molecule has 1 aromatic heterocycles. The SMILES string of the molecule is CCC1(CNc2c(C#N)nnc3ccccc23)CCCC1. The van der Waals surface area contributed by atoms with Crippen molar-refractivity contribution in [3.8, 4) is 6.07 Å². The lowest BCUT2D eigenvalue weighted by atomic mass is 9.83. The van der Waals surface area contributed by atoms with E-state index in [1.165, 1.54) is 32.1 Å². The molecule has 1 fully saturated rings. The molecule has 4 heteroatoms. The molecule has 0 spiro atoms. The fourth-order valence-corrected chi connectivity index (χ4v) is 3.37. The molecule has 0 amide bonds. The van der Waals surface area contributed by atoms with Gasteiger partial charge in [-0.1, -0.05) is 38.0 Å². The van der Waals surface area contributed by atoms with E-state index in [9.17, 15) is 5.26 Å². The summed E-state index contributed by atoms with van der Waals surface area (Å²) < 4.78 is 0. The van der Waals surface area contributed by atoms with Gasteiger partial charge in [-0.2, -0.15) is 5.26 Å². The van der Waals surface area contributed by atoms with Crippen molar-refractivity contribution in [2.45, 2.75) is 39.0 Å². The van der Waals surface area contributed by atoms with Gasteiger partial charge in [0, 0.05) is 11.9 Å². The molecule has 1 heterocycles. The van der Waals surface area contributed by atoms with E-state index in [4.69, 9.17) is 0 Å². The topological polar surface area (TPSA) is 61.6 Å². The highest BCUT2D eigenvalue weighted by molar-refractivity contribution is 5.92. The molecule has 1 aliphatic rings. The Morgan fingerprint density at radius 2 is 2.00 bits per heavy atom. The van der Waals surface area contributed by atoms with Crippen molar-refractivity contribution < 1.29 is 0 Å². The van der Waals surface area contributed by atoms with Crippen molar-refractivity contribution >= 4 is 16.6 Å². The van der Waals surface area contributed by atoms with Crippen molar-refractivity contribution in [2.24, 2.45) is 5.41 Å². The minimum atomic E-state index is 0.372. The number of fused-ring (bicyclic) bond motifs is 1. The van der Waals surface area contributed by atoms with Crippen LogP contribution in [0.1, 0.15) is 44.7 Å². The maximum absolute atomic E-state index is 9.30. The zero-order valence-corrected chi connectivity index (χ0v) is 12.4. The first-order valence-electron chi connectivity index (χ1n) is 7.67. The standard InChI is InChI=1S/C17H20N4/c1-2-17(9-5-6-10-17)12-19-16-13-7-3-4-8-14(13)20-21-15(16)11-18/h3-4,7-8H,2,5-6,9-10,12H2,1H3,(H,19,20). The maximum atomic E-state index is 9.30. The molecule has 1 aliphatic carbocycles. The molecule has 0 atom stereocenters. The fraction of sp³-hybridized carbons (Fsp3) is 0.471. The van der Waals surface area contributed by atoms with Gasteiger partial charge in [0.05, 0.1) is 11.2 Å². The molecule has 0 bridgehead atoms. The van der Waals surface area contributed by atoms with Crippen LogP contribution >= 0.6 is 0 Å². The first-order valence-corrected chi connectivity index (χ1v) is 7.67. The van der Waals surface area contributed by atoms with E-state index in [-0.39, 0.29) is 0 Å². The summed E-state index contributed by atoms with van der Waals surface area (Å²) in [4.78, 5) is 0. The lowest BCUT2D eigenvalue weighted by Crippen LogP contribution is -2.26. The van der Waals surface area contributed by atoms with E-state index in [0.29, 0.717) is 11.1 Å². The molecular formula is C17H20N4. The van der Waals surface area contributed by atoms with Gasteiger partial charge < -0.3 is 5.32 Å². The summed E-state index contributed by atoms with van der Waals surface area (Å²) in [5, 5.41) is 22.0. The average molecular weight is 280 g/mol. The van der Waals surface area contributed by atoms with Gasteiger partial charge in [-0.15, -0.1) is 10.2 Å². The number of aromatic nitrogens is 2. The smallest absolute Gasteiger partial charge is 0.186 e. The summed E-state index contributed by atoms with van der Waals surface area (Å²) in [5.74, 6) is 0. The normalized spacial score (nSPS) is 16.8. The third kappa shape index (κ3) is 2.56. The van der Waals surface area contributed by atoms with E-state index in [1.54, 1.807) is 0 Å². The molecule has 1 N–H and O–H groups in total. The van der Waals surface area contributed by atoms with E-state index in [1.807, 2.05) is 24.3 Å². The number of nitriles is 1. The number of rotatable bonds is 4. The van der Waals surface area contributed by atoms with Crippen LogP contribution in [0.2, 0.25) is 0 Å². The van der Waals surface area contributed by atoms with Crippen molar-refractivity contribution in [2.75, 3.05) is 11.9 Å². The Balaban J connectivity index is 1.94. The van der Waals surface area contributed by atoms with E-state index in [2.05, 4.69) is 28.5 Å². The van der Waals surface area contributed by atoms with Crippen LogP contribution in [0, 0.1) is 16.7 Å². The van der Waals surface area contributed by atoms with Crippen LogP contribution in [-0.2, 0) is 0 Å². The van der Waals surface area contributed by atoms with Gasteiger partial charge in [-0.05, 0) is 30.7 Å². The van der Waals surface area contributed by atoms with Gasteiger partial charge >= 0.3 is 0 Å². The molecule has 0 radical (unpaired) electrons. The lowest BCUT2D eigenvalue weighted by Gasteiger charge is -2.28. The van der Waals surface area contributed by atoms with Gasteiger partial charge in [0.1, 0.15) is 6.07 Å². The molecule has 1 saturated carbocycles. The third-order valence-electron chi connectivity index (χ3n) is 4.83. The number of benzene rings is 1. The number of hydrogen-bond donors (Lipinski definition) is 1. The van der Waals surface area contributed by atoms with Crippen molar-refractivity contribution in [3.05, 3.63) is 30.0 Å². The molecular weight excluding hydrogens is 260 g/mol. The van der Waals surface area contributed by atoms with Crippen molar-refractivity contribution in [3.63, 3.8) is 0 Å². The summed E-state index contributed by atoms with van der Waals surface area (Å²) in [7, 11) is 0. The highest BCUT2D eigenvalue weighted by atomic mass is 15.1. The quantitative estimate of drug-likeness (QED) is 0.923. The van der Waals surface area contributed by atoms with Gasteiger partial charge in [-0.25, -0.2) is 0 Å². The minimum absolute atomic E-state index is 0.372. The number of nitrogens with zero attached hydrogens (tertiary/aromatic N) is 3. The van der Waals surface area contributed by atoms with Crippen LogP contribution in [0.5, 0.6) is 0 Å². The second-order valence-electron chi connectivity index (χ2n) is 5.97. The Kier molecular flexibility index (Phi) is 3.74. The maximum Gasteiger partial charge on any atom is 0.186 e. The number of hydrogen-bond acceptors (Lipinski definition) is 4. The third-order valence-corrected chi connectivity index (χ3v) is 4.83. The molecule has 3 rings (SSSR count). The van der Waals surface area contributed by atoms with Gasteiger partial charge in [0.25, 0.3) is 0 Å². The Bertz CT molecular complexity index is 681. The van der Waals surface area contributed by atoms with Gasteiger partial charge in [-0.3, -0.25) is 0 Å². The summed E-state index contributed by atoms with van der Waals surface area (Å²) >= 11 is 0. The first-order chi connectivity index (χ1) is 10.3. The average Bonchev–Trinajstić information content (AvgIpc) is 3.02. The number of anilines is 1. The van der Waals surface area contributed by atoms with Crippen LogP contribution in [0.15, 0.2) is 24.3 Å². The molecule has 0 aliphatic heterocycles. The summed E-state index contributed by atoms with van der Waals surface area (Å²) in [5.41, 5.74) is 2.42.